The Morgan fingerprint density at radius 3 is 2.25 bits per heavy atom. The van der Waals surface area contributed by atoms with Crippen molar-refractivity contribution in [1.29, 1.82) is 0 Å². The Morgan fingerprint density at radius 1 is 1.25 bits per heavy atom. The molecule has 0 atom stereocenters. The molecule has 0 N–H and O–H groups in total. The van der Waals surface area contributed by atoms with Gasteiger partial charge in [0.2, 0.25) is 0 Å². The largest absolute Gasteiger partial charge is 0.355 e. The van der Waals surface area contributed by atoms with Crippen molar-refractivity contribution in [3.05, 3.63) is 0 Å². The minimum atomic E-state index is -0.0909. The van der Waals surface area contributed by atoms with Gasteiger partial charge in [-0.3, -0.25) is 0 Å². The molecule has 0 aliphatic carbocycles. The van der Waals surface area contributed by atoms with Crippen LogP contribution in [0.4, 0.5) is 0 Å². The van der Waals surface area contributed by atoms with Crippen LogP contribution in [0.25, 0.3) is 0 Å². The SMILES string of the molecule is CCCCN(C)CC(OC)OC. The number of hydrogen-bond acceptors (Lipinski definition) is 3. The minimum Gasteiger partial charge on any atom is -0.355 e. The highest BCUT2D eigenvalue weighted by Gasteiger charge is 2.07. The molecular weight excluding hydrogens is 154 g/mol. The van der Waals surface area contributed by atoms with Crippen molar-refractivity contribution in [2.45, 2.75) is 26.1 Å². The number of likely N-dealkylation sites (N-methyl/N-ethyl adjacent to an activating group) is 1. The van der Waals surface area contributed by atoms with E-state index in [-0.39, 0.29) is 6.29 Å². The second kappa shape index (κ2) is 7.53. The molecule has 0 rings (SSSR count). The Morgan fingerprint density at radius 2 is 1.83 bits per heavy atom. The maximum absolute atomic E-state index is 5.09. The Hall–Kier alpha value is -0.120. The molecule has 3 heteroatoms. The summed E-state index contributed by atoms with van der Waals surface area (Å²) in [6.07, 6.45) is 2.37. The standard InChI is InChI=1S/C9H21NO2/c1-5-6-7-10(2)8-9(11-3)12-4/h9H,5-8H2,1-4H3. The molecule has 74 valence electrons. The Kier molecular flexibility index (Phi) is 7.45. The molecule has 0 aromatic rings. The summed E-state index contributed by atoms with van der Waals surface area (Å²) in [6.45, 7) is 4.14. The zero-order chi connectivity index (χ0) is 9.40. The summed E-state index contributed by atoms with van der Waals surface area (Å²) in [5.41, 5.74) is 0. The fourth-order valence-corrected chi connectivity index (χ4v) is 1.02. The van der Waals surface area contributed by atoms with E-state index in [1.54, 1.807) is 14.2 Å². The molecule has 0 aliphatic rings. The molecule has 0 unspecified atom stereocenters. The maximum atomic E-state index is 5.09. The normalized spacial score (nSPS) is 11.5. The summed E-state index contributed by atoms with van der Waals surface area (Å²) in [7, 11) is 5.42. The highest BCUT2D eigenvalue weighted by molar-refractivity contribution is 4.53. The lowest BCUT2D eigenvalue weighted by Crippen LogP contribution is -2.32. The quantitative estimate of drug-likeness (QED) is 0.545. The molecule has 0 amide bonds. The fourth-order valence-electron chi connectivity index (χ4n) is 1.02. The second-order valence-corrected chi connectivity index (χ2v) is 3.02. The van der Waals surface area contributed by atoms with E-state index in [9.17, 15) is 0 Å². The highest BCUT2D eigenvalue weighted by Crippen LogP contribution is 1.97. The summed E-state index contributed by atoms with van der Waals surface area (Å²) in [5, 5.41) is 0. The summed E-state index contributed by atoms with van der Waals surface area (Å²) in [4.78, 5) is 2.22. The second-order valence-electron chi connectivity index (χ2n) is 3.02. The first-order valence-corrected chi connectivity index (χ1v) is 4.48. The number of methoxy groups -OCH3 is 2. The van der Waals surface area contributed by atoms with Crippen molar-refractivity contribution in [2.24, 2.45) is 0 Å². The first-order chi connectivity index (χ1) is 5.74. The van der Waals surface area contributed by atoms with Crippen LogP contribution in [0.2, 0.25) is 0 Å². The zero-order valence-corrected chi connectivity index (χ0v) is 8.67. The van der Waals surface area contributed by atoms with Gasteiger partial charge in [-0.05, 0) is 20.0 Å². The summed E-state index contributed by atoms with van der Waals surface area (Å²) >= 11 is 0. The van der Waals surface area contributed by atoms with Crippen LogP contribution >= 0.6 is 0 Å². The molecule has 0 fully saturated rings. The number of ether oxygens (including phenoxy) is 2. The van der Waals surface area contributed by atoms with Gasteiger partial charge >= 0.3 is 0 Å². The molecule has 12 heavy (non-hydrogen) atoms. The van der Waals surface area contributed by atoms with Crippen molar-refractivity contribution in [1.82, 2.24) is 4.90 Å². The van der Waals surface area contributed by atoms with Crippen molar-refractivity contribution >= 4 is 0 Å². The first kappa shape index (κ1) is 11.9. The lowest BCUT2D eigenvalue weighted by Gasteiger charge is -2.21. The average Bonchev–Trinajstić information content (AvgIpc) is 2.10. The molecule has 3 nitrogen and oxygen atoms in total. The van der Waals surface area contributed by atoms with E-state index in [1.807, 2.05) is 0 Å². The van der Waals surface area contributed by atoms with Gasteiger partial charge in [0.05, 0.1) is 0 Å². The van der Waals surface area contributed by atoms with Crippen LogP contribution in [-0.4, -0.2) is 45.5 Å². The average molecular weight is 175 g/mol. The summed E-state index contributed by atoms with van der Waals surface area (Å²) in [6, 6.07) is 0. The third kappa shape index (κ3) is 5.52. The van der Waals surface area contributed by atoms with Crippen LogP contribution in [0.1, 0.15) is 19.8 Å². The molecule has 0 spiro atoms. The number of rotatable bonds is 7. The van der Waals surface area contributed by atoms with Gasteiger partial charge in [0.25, 0.3) is 0 Å². The third-order valence-electron chi connectivity index (χ3n) is 1.88. The molecule has 0 radical (unpaired) electrons. The Labute approximate surface area is 75.6 Å². The van der Waals surface area contributed by atoms with E-state index in [4.69, 9.17) is 9.47 Å². The van der Waals surface area contributed by atoms with Gasteiger partial charge in [0, 0.05) is 20.8 Å². The minimum absolute atomic E-state index is 0.0909. The molecule has 0 bridgehead atoms. The van der Waals surface area contributed by atoms with E-state index in [2.05, 4.69) is 18.9 Å². The number of hydrogen-bond donors (Lipinski definition) is 0. The van der Waals surface area contributed by atoms with Crippen LogP contribution < -0.4 is 0 Å². The first-order valence-electron chi connectivity index (χ1n) is 4.48. The summed E-state index contributed by atoms with van der Waals surface area (Å²) < 4.78 is 10.2. The van der Waals surface area contributed by atoms with Crippen LogP contribution in [-0.2, 0) is 9.47 Å². The van der Waals surface area contributed by atoms with Crippen molar-refractivity contribution < 1.29 is 9.47 Å². The van der Waals surface area contributed by atoms with Gasteiger partial charge in [-0.25, -0.2) is 0 Å². The van der Waals surface area contributed by atoms with Gasteiger partial charge in [0.15, 0.2) is 6.29 Å². The molecule has 0 heterocycles. The van der Waals surface area contributed by atoms with E-state index in [1.165, 1.54) is 12.8 Å². The van der Waals surface area contributed by atoms with E-state index in [0.717, 1.165) is 13.1 Å². The lowest BCUT2D eigenvalue weighted by atomic mass is 10.3. The lowest BCUT2D eigenvalue weighted by molar-refractivity contribution is -0.113. The molecule has 0 aromatic carbocycles. The van der Waals surface area contributed by atoms with Gasteiger partial charge in [-0.2, -0.15) is 0 Å². The van der Waals surface area contributed by atoms with Gasteiger partial charge in [-0.1, -0.05) is 13.3 Å². The maximum Gasteiger partial charge on any atom is 0.169 e. The topological polar surface area (TPSA) is 21.7 Å². The molecule has 0 aromatic heterocycles. The monoisotopic (exact) mass is 175 g/mol. The smallest absolute Gasteiger partial charge is 0.169 e. The zero-order valence-electron chi connectivity index (χ0n) is 8.67. The van der Waals surface area contributed by atoms with Crippen molar-refractivity contribution in [3.63, 3.8) is 0 Å². The van der Waals surface area contributed by atoms with Gasteiger partial charge < -0.3 is 14.4 Å². The summed E-state index contributed by atoms with van der Waals surface area (Å²) in [5.74, 6) is 0. The number of unbranched alkanes of at least 4 members (excludes halogenated alkanes) is 1. The predicted molar refractivity (Wildman–Crippen MR) is 50.2 cm³/mol. The van der Waals surface area contributed by atoms with E-state index in [0.29, 0.717) is 0 Å². The van der Waals surface area contributed by atoms with Crippen LogP contribution in [0, 0.1) is 0 Å². The number of nitrogens with zero attached hydrogens (tertiary/aromatic N) is 1. The van der Waals surface area contributed by atoms with E-state index >= 15 is 0 Å². The van der Waals surface area contributed by atoms with E-state index < -0.39 is 0 Å². The molecule has 0 saturated heterocycles. The fraction of sp³-hybridized carbons (Fsp3) is 1.00. The van der Waals surface area contributed by atoms with Gasteiger partial charge in [0.1, 0.15) is 0 Å². The predicted octanol–water partition coefficient (Wildman–Crippen LogP) is 1.34. The molecular formula is C9H21NO2. The molecule has 0 aliphatic heterocycles. The van der Waals surface area contributed by atoms with Crippen LogP contribution in [0.15, 0.2) is 0 Å². The Balaban J connectivity index is 3.44. The van der Waals surface area contributed by atoms with Gasteiger partial charge in [-0.15, -0.1) is 0 Å². The van der Waals surface area contributed by atoms with Crippen LogP contribution in [0.5, 0.6) is 0 Å². The van der Waals surface area contributed by atoms with Crippen molar-refractivity contribution in [2.75, 3.05) is 34.4 Å². The highest BCUT2D eigenvalue weighted by atomic mass is 16.7. The third-order valence-corrected chi connectivity index (χ3v) is 1.88. The Bertz CT molecular complexity index is 94.5. The van der Waals surface area contributed by atoms with Crippen LogP contribution in [0.3, 0.4) is 0 Å². The van der Waals surface area contributed by atoms with Crippen molar-refractivity contribution in [3.8, 4) is 0 Å². The molecule has 0 saturated carbocycles.